The Kier molecular flexibility index (Phi) is 3.78. The summed E-state index contributed by atoms with van der Waals surface area (Å²) in [6, 6.07) is 5.64. The smallest absolute Gasteiger partial charge is 0.228 e. The highest BCUT2D eigenvalue weighted by molar-refractivity contribution is 5.94. The van der Waals surface area contributed by atoms with Gasteiger partial charge in [-0.3, -0.25) is 4.79 Å². The van der Waals surface area contributed by atoms with Crippen molar-refractivity contribution in [3.8, 4) is 0 Å². The third-order valence-corrected chi connectivity index (χ3v) is 5.09. The Morgan fingerprint density at radius 1 is 1.33 bits per heavy atom. The van der Waals surface area contributed by atoms with Gasteiger partial charge in [0.05, 0.1) is 0 Å². The maximum Gasteiger partial charge on any atom is 0.228 e. The van der Waals surface area contributed by atoms with E-state index in [4.69, 9.17) is 0 Å². The van der Waals surface area contributed by atoms with Crippen molar-refractivity contribution in [3.05, 3.63) is 30.1 Å². The molecule has 0 heterocycles. The lowest BCUT2D eigenvalue weighted by Crippen LogP contribution is -2.49. The van der Waals surface area contributed by atoms with Crippen LogP contribution < -0.4 is 10.4 Å². The summed E-state index contributed by atoms with van der Waals surface area (Å²) in [5, 5.41) is 14.1. The number of carboxylic acids is 1. The van der Waals surface area contributed by atoms with Gasteiger partial charge >= 0.3 is 0 Å². The molecule has 1 amide bonds. The first-order chi connectivity index (χ1) is 9.68. The Hall–Kier alpha value is -1.91. The summed E-state index contributed by atoms with van der Waals surface area (Å²) >= 11 is 0. The quantitative estimate of drug-likeness (QED) is 0.926. The molecule has 1 aliphatic rings. The minimum absolute atomic E-state index is 0.282. The molecule has 2 atom stereocenters. The Morgan fingerprint density at radius 2 is 2.00 bits per heavy atom. The molecule has 0 unspecified atom stereocenters. The molecule has 0 spiro atoms. The van der Waals surface area contributed by atoms with Crippen LogP contribution >= 0.6 is 0 Å². The fourth-order valence-electron chi connectivity index (χ4n) is 3.12. The van der Waals surface area contributed by atoms with Crippen LogP contribution in [0.25, 0.3) is 0 Å². The third kappa shape index (κ3) is 2.52. The first kappa shape index (κ1) is 15.5. The summed E-state index contributed by atoms with van der Waals surface area (Å²) in [6.07, 6.45) is 0.863. The molecule has 21 heavy (non-hydrogen) atoms. The predicted octanol–water partition coefficient (Wildman–Crippen LogP) is 1.96. The van der Waals surface area contributed by atoms with Gasteiger partial charge < -0.3 is 15.2 Å². The fourth-order valence-corrected chi connectivity index (χ4v) is 3.12. The summed E-state index contributed by atoms with van der Waals surface area (Å²) in [5.41, 5.74) is -1.40. The van der Waals surface area contributed by atoms with Crippen LogP contribution in [0.2, 0.25) is 0 Å². The molecular weight excluding hydrogens is 273 g/mol. The van der Waals surface area contributed by atoms with E-state index in [1.807, 2.05) is 0 Å². The van der Waals surface area contributed by atoms with Crippen molar-refractivity contribution in [2.75, 3.05) is 5.32 Å². The van der Waals surface area contributed by atoms with E-state index >= 15 is 0 Å². The largest absolute Gasteiger partial charge is 0.550 e. The zero-order chi connectivity index (χ0) is 15.8. The van der Waals surface area contributed by atoms with E-state index in [1.165, 1.54) is 18.2 Å². The Morgan fingerprint density at radius 3 is 2.52 bits per heavy atom. The normalized spacial score (nSPS) is 27.3. The van der Waals surface area contributed by atoms with Gasteiger partial charge in [0.2, 0.25) is 5.91 Å². The second-order valence-corrected chi connectivity index (χ2v) is 6.43. The van der Waals surface area contributed by atoms with Crippen molar-refractivity contribution >= 4 is 17.6 Å². The zero-order valence-electron chi connectivity index (χ0n) is 12.4. The number of hydrogen-bond acceptors (Lipinski definition) is 3. The zero-order valence-corrected chi connectivity index (χ0v) is 12.4. The van der Waals surface area contributed by atoms with Crippen LogP contribution in [0.1, 0.15) is 33.6 Å². The second-order valence-electron chi connectivity index (χ2n) is 6.43. The predicted molar refractivity (Wildman–Crippen MR) is 74.6 cm³/mol. The topological polar surface area (TPSA) is 69.2 Å². The molecule has 0 saturated heterocycles. The van der Waals surface area contributed by atoms with Crippen LogP contribution in [0.5, 0.6) is 0 Å². The fraction of sp³-hybridized carbons (Fsp3) is 0.500. The number of carbonyl (C=O) groups excluding carboxylic acids is 2. The van der Waals surface area contributed by atoms with E-state index in [2.05, 4.69) is 5.32 Å². The number of carbonyl (C=O) groups is 2. The Balaban J connectivity index is 2.19. The van der Waals surface area contributed by atoms with Gasteiger partial charge in [-0.05, 0) is 36.5 Å². The molecule has 0 aliphatic heterocycles. The van der Waals surface area contributed by atoms with Crippen LogP contribution in [-0.4, -0.2) is 11.9 Å². The summed E-state index contributed by atoms with van der Waals surface area (Å²) in [5.74, 6) is -2.30. The molecule has 0 bridgehead atoms. The van der Waals surface area contributed by atoms with Gasteiger partial charge in [0.1, 0.15) is 5.82 Å². The van der Waals surface area contributed by atoms with Crippen molar-refractivity contribution in [2.45, 2.75) is 33.6 Å². The monoisotopic (exact) mass is 292 g/mol. The molecule has 1 N–H and O–H groups in total. The minimum atomic E-state index is -1.13. The van der Waals surface area contributed by atoms with E-state index in [-0.39, 0.29) is 5.91 Å². The highest BCUT2D eigenvalue weighted by atomic mass is 19.1. The maximum atomic E-state index is 13.1. The highest BCUT2D eigenvalue weighted by Crippen LogP contribution is 2.55. The van der Waals surface area contributed by atoms with Gasteiger partial charge in [-0.2, -0.15) is 0 Å². The number of benzene rings is 1. The lowest BCUT2D eigenvalue weighted by atomic mass is 9.65. The summed E-state index contributed by atoms with van der Waals surface area (Å²) in [6.45, 7) is 5.16. The van der Waals surface area contributed by atoms with Crippen molar-refractivity contribution < 1.29 is 19.1 Å². The summed E-state index contributed by atoms with van der Waals surface area (Å²) in [4.78, 5) is 23.8. The van der Waals surface area contributed by atoms with Crippen LogP contribution in [0, 0.1) is 22.6 Å². The first-order valence-corrected chi connectivity index (χ1v) is 6.96. The van der Waals surface area contributed by atoms with Crippen molar-refractivity contribution in [1.82, 2.24) is 0 Å². The van der Waals surface area contributed by atoms with Gasteiger partial charge in [0, 0.05) is 23.0 Å². The maximum absolute atomic E-state index is 13.1. The molecule has 114 valence electrons. The number of halogens is 1. The van der Waals surface area contributed by atoms with Crippen LogP contribution in [0.3, 0.4) is 0 Å². The standard InChI is InChI=1S/C16H20FNO3/c1-15(2)12(7-8-16(15,3)14(20)21)13(19)18-11-6-4-5-10(17)9-11/h4-6,9,12H,7-8H2,1-3H3,(H,18,19)(H,20,21)/p-1/t12-,16-/m1/s1. The van der Waals surface area contributed by atoms with Crippen LogP contribution in [0.15, 0.2) is 24.3 Å². The van der Waals surface area contributed by atoms with Gasteiger partial charge in [0.15, 0.2) is 0 Å². The van der Waals surface area contributed by atoms with Crippen LogP contribution in [0.4, 0.5) is 10.1 Å². The molecule has 5 heteroatoms. The number of hydrogen-bond donors (Lipinski definition) is 1. The van der Waals surface area contributed by atoms with Gasteiger partial charge in [-0.1, -0.05) is 26.8 Å². The number of carboxylic acid groups (broad SMARTS) is 1. The summed E-state index contributed by atoms with van der Waals surface area (Å²) < 4.78 is 13.1. The molecule has 2 rings (SSSR count). The number of nitrogens with one attached hydrogen (secondary N) is 1. The van der Waals surface area contributed by atoms with Crippen molar-refractivity contribution in [3.63, 3.8) is 0 Å². The van der Waals surface area contributed by atoms with E-state index in [1.54, 1.807) is 26.8 Å². The molecule has 4 nitrogen and oxygen atoms in total. The van der Waals surface area contributed by atoms with Gasteiger partial charge in [-0.25, -0.2) is 4.39 Å². The molecule has 1 aromatic rings. The average molecular weight is 292 g/mol. The van der Waals surface area contributed by atoms with Gasteiger partial charge in [0.25, 0.3) is 0 Å². The molecule has 1 aliphatic carbocycles. The first-order valence-electron chi connectivity index (χ1n) is 6.96. The minimum Gasteiger partial charge on any atom is -0.550 e. The number of amides is 1. The van der Waals surface area contributed by atoms with E-state index in [0.717, 1.165) is 0 Å². The number of aliphatic carboxylic acids is 1. The van der Waals surface area contributed by atoms with E-state index < -0.39 is 28.5 Å². The SMILES string of the molecule is CC1(C)[C@@H](C(=O)Nc2cccc(F)c2)CC[C@]1(C)C(=O)[O-]. The molecule has 0 radical (unpaired) electrons. The molecule has 1 fully saturated rings. The Labute approximate surface area is 123 Å². The van der Waals surface area contributed by atoms with Gasteiger partial charge in [-0.15, -0.1) is 0 Å². The van der Waals surface area contributed by atoms with Crippen LogP contribution in [-0.2, 0) is 9.59 Å². The average Bonchev–Trinajstić information content (AvgIpc) is 2.61. The molecule has 1 aromatic carbocycles. The lowest BCUT2D eigenvalue weighted by Gasteiger charge is -2.41. The van der Waals surface area contributed by atoms with E-state index in [0.29, 0.717) is 18.5 Å². The lowest BCUT2D eigenvalue weighted by molar-refractivity contribution is -0.323. The van der Waals surface area contributed by atoms with E-state index in [9.17, 15) is 19.1 Å². The summed E-state index contributed by atoms with van der Waals surface area (Å²) in [7, 11) is 0. The Bertz CT molecular complexity index is 585. The molecule has 1 saturated carbocycles. The molecular formula is C16H19FNO3-. The second kappa shape index (κ2) is 5.13. The third-order valence-electron chi connectivity index (χ3n) is 5.09. The highest BCUT2D eigenvalue weighted by Gasteiger charge is 2.54. The number of anilines is 1. The number of rotatable bonds is 3. The van der Waals surface area contributed by atoms with Crippen molar-refractivity contribution in [2.24, 2.45) is 16.7 Å². The molecule has 0 aromatic heterocycles. The van der Waals surface area contributed by atoms with Crippen molar-refractivity contribution in [1.29, 1.82) is 0 Å².